The van der Waals surface area contributed by atoms with Crippen LogP contribution < -0.4 is 0 Å². The number of phosphoric ester groups is 2. The van der Waals surface area contributed by atoms with Crippen molar-refractivity contribution in [3.8, 4) is 0 Å². The van der Waals surface area contributed by atoms with Gasteiger partial charge in [-0.3, -0.25) is 37.3 Å². The van der Waals surface area contributed by atoms with Crippen molar-refractivity contribution < 1.29 is 80.2 Å². The maximum atomic E-state index is 13.0. The van der Waals surface area contributed by atoms with E-state index in [-0.39, 0.29) is 25.7 Å². The van der Waals surface area contributed by atoms with Crippen molar-refractivity contribution in [3.05, 3.63) is 0 Å². The normalized spacial score (nSPS) is 14.2. The predicted octanol–water partition coefficient (Wildman–Crippen LogP) is 20.9. The van der Waals surface area contributed by atoms with Crippen LogP contribution in [0.1, 0.15) is 364 Å². The highest BCUT2D eigenvalue weighted by Crippen LogP contribution is 2.45. The maximum absolute atomic E-state index is 13.0. The number of phosphoric acid groups is 2. The van der Waals surface area contributed by atoms with Crippen molar-refractivity contribution >= 4 is 39.5 Å². The number of hydrogen-bond donors (Lipinski definition) is 3. The SMILES string of the molecule is CC(C)CCCCCCCCCCCCCCCCC(=O)O[C@H](COC(=O)CCCCCCCCCCCC(C)C)COP(=O)(O)OCC(O)COP(=O)(O)OC[C@@H](COC(=O)CCCCCCCCCC(C)C)OC(=O)CCCCCCCCCCCCC(C)C. The van der Waals surface area contributed by atoms with Crippen molar-refractivity contribution in [2.75, 3.05) is 39.6 Å². The third-order valence-corrected chi connectivity index (χ3v) is 18.7. The van der Waals surface area contributed by atoms with Crippen LogP contribution in [0.4, 0.5) is 0 Å². The van der Waals surface area contributed by atoms with Crippen LogP contribution in [0.5, 0.6) is 0 Å². The number of unbranched alkanes of at least 4 members (excludes halogenated alkanes) is 36. The zero-order valence-corrected chi connectivity index (χ0v) is 62.0. The molecule has 17 nitrogen and oxygen atoms in total. The van der Waals surface area contributed by atoms with Gasteiger partial charge < -0.3 is 33.8 Å². The second-order valence-electron chi connectivity index (χ2n) is 28.2. The van der Waals surface area contributed by atoms with E-state index in [1.54, 1.807) is 0 Å². The van der Waals surface area contributed by atoms with Gasteiger partial charge in [0, 0.05) is 25.7 Å². The summed E-state index contributed by atoms with van der Waals surface area (Å²) in [5.74, 6) is 0.870. The molecule has 546 valence electrons. The fraction of sp³-hybridized carbons (Fsp3) is 0.945. The minimum Gasteiger partial charge on any atom is -0.462 e. The zero-order chi connectivity index (χ0) is 68.2. The number of carbonyl (C=O) groups excluding carboxylic acids is 4. The number of carbonyl (C=O) groups is 4. The van der Waals surface area contributed by atoms with Crippen molar-refractivity contribution in [2.45, 2.75) is 382 Å². The minimum absolute atomic E-state index is 0.105. The van der Waals surface area contributed by atoms with E-state index in [9.17, 15) is 43.2 Å². The van der Waals surface area contributed by atoms with Crippen molar-refractivity contribution in [1.82, 2.24) is 0 Å². The Hall–Kier alpha value is -1.94. The lowest BCUT2D eigenvalue weighted by Crippen LogP contribution is -2.30. The zero-order valence-electron chi connectivity index (χ0n) is 60.2. The van der Waals surface area contributed by atoms with Gasteiger partial charge in [0.15, 0.2) is 12.2 Å². The first kappa shape index (κ1) is 90.1. The van der Waals surface area contributed by atoms with Crippen molar-refractivity contribution in [2.24, 2.45) is 23.7 Å². The summed E-state index contributed by atoms with van der Waals surface area (Å²) in [5, 5.41) is 10.6. The van der Waals surface area contributed by atoms with E-state index in [4.69, 9.17) is 37.0 Å². The molecule has 0 heterocycles. The van der Waals surface area contributed by atoms with Crippen molar-refractivity contribution in [3.63, 3.8) is 0 Å². The molecule has 0 aromatic carbocycles. The van der Waals surface area contributed by atoms with Crippen LogP contribution in [0.3, 0.4) is 0 Å². The lowest BCUT2D eigenvalue weighted by molar-refractivity contribution is -0.161. The molecule has 0 aliphatic carbocycles. The Bertz CT molecular complexity index is 1820. The Morgan fingerprint density at radius 3 is 0.674 bits per heavy atom. The van der Waals surface area contributed by atoms with Crippen LogP contribution >= 0.6 is 15.6 Å². The largest absolute Gasteiger partial charge is 0.472 e. The monoisotopic (exact) mass is 1350 g/mol. The van der Waals surface area contributed by atoms with E-state index in [0.717, 1.165) is 114 Å². The fourth-order valence-electron chi connectivity index (χ4n) is 11.0. The first-order valence-electron chi connectivity index (χ1n) is 37.7. The first-order chi connectivity index (χ1) is 44.1. The molecule has 0 radical (unpaired) electrons. The molecule has 0 saturated carbocycles. The number of ether oxygens (including phenoxy) is 4. The molecule has 0 aromatic heterocycles. The Balaban J connectivity index is 5.25. The van der Waals surface area contributed by atoms with Crippen LogP contribution in [0.25, 0.3) is 0 Å². The number of aliphatic hydroxyl groups excluding tert-OH is 1. The standard InChI is InChI=1S/C73H142O17P2/c1-63(2)49-41-33-25-18-13-11-9-10-12-14-21-30-39-47-55-72(77)89-68(59-83-70(75)53-45-37-29-23-17-20-27-35-43-51-65(5)6)61-87-91(79,80)85-57-67(74)58-86-92(81,82)88-62-69(60-84-71(76)54-46-38-32-24-28-36-44-52-66(7)8)90-73(78)56-48-40-31-22-16-15-19-26-34-42-50-64(3)4/h63-69,74H,9-62H2,1-8H3,(H,79,80)(H,81,82)/t67?,68-,69-/m1/s1. The molecule has 0 aliphatic heterocycles. The molecule has 0 saturated heterocycles. The highest BCUT2D eigenvalue weighted by Gasteiger charge is 2.30. The average molecular weight is 1350 g/mol. The summed E-state index contributed by atoms with van der Waals surface area (Å²) in [6.45, 7) is 14.1. The lowest BCUT2D eigenvalue weighted by Gasteiger charge is -2.21. The molecular weight excluding hydrogens is 1210 g/mol. The average Bonchev–Trinajstić information content (AvgIpc) is 1.77. The Labute approximate surface area is 562 Å². The van der Waals surface area contributed by atoms with Gasteiger partial charge in [0.25, 0.3) is 0 Å². The Morgan fingerprint density at radius 2 is 0.457 bits per heavy atom. The van der Waals surface area contributed by atoms with Gasteiger partial charge >= 0.3 is 39.5 Å². The third kappa shape index (κ3) is 66.7. The van der Waals surface area contributed by atoms with Crippen molar-refractivity contribution in [1.29, 1.82) is 0 Å². The van der Waals surface area contributed by atoms with Gasteiger partial charge in [-0.15, -0.1) is 0 Å². The number of aliphatic hydroxyl groups is 1. The van der Waals surface area contributed by atoms with E-state index in [0.29, 0.717) is 31.6 Å². The summed E-state index contributed by atoms with van der Waals surface area (Å²) < 4.78 is 68.4. The summed E-state index contributed by atoms with van der Waals surface area (Å²) >= 11 is 0. The van der Waals surface area contributed by atoms with Gasteiger partial charge in [-0.05, 0) is 49.4 Å². The number of esters is 4. The topological polar surface area (TPSA) is 237 Å². The summed E-state index contributed by atoms with van der Waals surface area (Å²) in [7, 11) is -9.91. The highest BCUT2D eigenvalue weighted by atomic mass is 31.2. The molecular formula is C73H142O17P2. The highest BCUT2D eigenvalue weighted by molar-refractivity contribution is 7.47. The summed E-state index contributed by atoms with van der Waals surface area (Å²) in [6, 6.07) is 0. The van der Waals surface area contributed by atoms with Gasteiger partial charge in [-0.1, -0.05) is 312 Å². The van der Waals surface area contributed by atoms with Crippen LogP contribution in [0.15, 0.2) is 0 Å². The third-order valence-electron chi connectivity index (χ3n) is 16.8. The number of rotatable bonds is 70. The number of hydrogen-bond acceptors (Lipinski definition) is 15. The van der Waals surface area contributed by atoms with Crippen LogP contribution in [0, 0.1) is 23.7 Å². The van der Waals surface area contributed by atoms with Gasteiger partial charge in [-0.2, -0.15) is 0 Å². The Kier molecular flexibility index (Phi) is 61.3. The molecule has 0 amide bonds. The molecule has 3 N–H and O–H groups in total. The van der Waals surface area contributed by atoms with Gasteiger partial charge in [0.2, 0.25) is 0 Å². The molecule has 0 aliphatic rings. The lowest BCUT2D eigenvalue weighted by atomic mass is 10.0. The molecule has 92 heavy (non-hydrogen) atoms. The Morgan fingerprint density at radius 1 is 0.272 bits per heavy atom. The van der Waals surface area contributed by atoms with E-state index in [1.165, 1.54) is 161 Å². The van der Waals surface area contributed by atoms with Crippen LogP contribution in [-0.4, -0.2) is 96.7 Å². The van der Waals surface area contributed by atoms with Crippen LogP contribution in [0.2, 0.25) is 0 Å². The summed E-state index contributed by atoms with van der Waals surface area (Å²) in [5.41, 5.74) is 0. The second kappa shape index (κ2) is 62.6. The quantitative estimate of drug-likeness (QED) is 0.0222. The molecule has 0 bridgehead atoms. The molecule has 0 spiro atoms. The van der Waals surface area contributed by atoms with Gasteiger partial charge in [-0.25, -0.2) is 9.13 Å². The van der Waals surface area contributed by atoms with E-state index < -0.39 is 97.5 Å². The smallest absolute Gasteiger partial charge is 0.462 e. The minimum atomic E-state index is -4.96. The second-order valence-corrected chi connectivity index (χ2v) is 31.1. The van der Waals surface area contributed by atoms with Gasteiger partial charge in [0.1, 0.15) is 19.3 Å². The molecule has 19 heteroatoms. The van der Waals surface area contributed by atoms with E-state index >= 15 is 0 Å². The molecule has 0 rings (SSSR count). The summed E-state index contributed by atoms with van der Waals surface area (Å²) in [6.07, 6.45) is 45.9. The molecule has 0 fully saturated rings. The van der Waals surface area contributed by atoms with E-state index in [1.807, 2.05) is 0 Å². The molecule has 0 aromatic rings. The molecule has 5 atom stereocenters. The maximum Gasteiger partial charge on any atom is 0.472 e. The van der Waals surface area contributed by atoms with Crippen LogP contribution in [-0.2, 0) is 65.4 Å². The van der Waals surface area contributed by atoms with Gasteiger partial charge in [0.05, 0.1) is 26.4 Å². The van der Waals surface area contributed by atoms with E-state index in [2.05, 4.69) is 55.4 Å². The molecule has 3 unspecified atom stereocenters. The fourth-order valence-corrected chi connectivity index (χ4v) is 12.6. The first-order valence-corrected chi connectivity index (χ1v) is 40.7. The predicted molar refractivity (Wildman–Crippen MR) is 372 cm³/mol. The summed E-state index contributed by atoms with van der Waals surface area (Å²) in [4.78, 5) is 72.7.